The molecule has 0 saturated heterocycles. The van der Waals surface area contributed by atoms with Crippen molar-refractivity contribution in [2.24, 2.45) is 0 Å². The number of benzene rings is 2. The van der Waals surface area contributed by atoms with Crippen LogP contribution in [0.5, 0.6) is 0 Å². The van der Waals surface area contributed by atoms with Crippen LogP contribution in [0.1, 0.15) is 48.9 Å². The third-order valence-corrected chi connectivity index (χ3v) is 7.03. The number of hydrogen-bond donors (Lipinski definition) is 1. The van der Waals surface area contributed by atoms with E-state index in [1.807, 2.05) is 64.1 Å². The molecule has 0 heterocycles. The average molecular weight is 488 g/mol. The summed E-state index contributed by atoms with van der Waals surface area (Å²) in [7, 11) is -3.74. The van der Waals surface area contributed by atoms with E-state index in [-0.39, 0.29) is 19.0 Å². The Bertz CT molecular complexity index is 1110. The third kappa shape index (κ3) is 7.32. The van der Waals surface area contributed by atoms with E-state index in [4.69, 9.17) is 0 Å². The maximum atomic E-state index is 13.6. The third-order valence-electron chi connectivity index (χ3n) is 5.90. The number of anilines is 1. The smallest absolute Gasteiger partial charge is 0.244 e. The van der Waals surface area contributed by atoms with E-state index < -0.39 is 22.0 Å². The number of sulfonamides is 1. The predicted octanol–water partition coefficient (Wildman–Crippen LogP) is 3.71. The van der Waals surface area contributed by atoms with Crippen molar-refractivity contribution in [2.45, 2.75) is 60.0 Å². The summed E-state index contributed by atoms with van der Waals surface area (Å²) in [5.74, 6) is -0.695. The minimum Gasteiger partial charge on any atom is -0.354 e. The summed E-state index contributed by atoms with van der Waals surface area (Å²) in [6, 6.07) is 12.3. The number of unbranched alkanes of at least 4 members (excludes halogenated alkanes) is 1. The van der Waals surface area contributed by atoms with Crippen LogP contribution in [-0.2, 0) is 26.2 Å². The van der Waals surface area contributed by atoms with Gasteiger partial charge in [0, 0.05) is 13.1 Å². The van der Waals surface area contributed by atoms with E-state index in [0.29, 0.717) is 12.2 Å². The summed E-state index contributed by atoms with van der Waals surface area (Å²) in [5, 5.41) is 2.89. The monoisotopic (exact) mass is 487 g/mol. The van der Waals surface area contributed by atoms with Crippen LogP contribution < -0.4 is 9.62 Å². The van der Waals surface area contributed by atoms with Gasteiger partial charge in [0.25, 0.3) is 0 Å². The highest BCUT2D eigenvalue weighted by Crippen LogP contribution is 2.24. The maximum Gasteiger partial charge on any atom is 0.244 e. The van der Waals surface area contributed by atoms with E-state index in [0.717, 1.165) is 45.7 Å². The van der Waals surface area contributed by atoms with Crippen LogP contribution in [-0.4, -0.2) is 50.5 Å². The van der Waals surface area contributed by atoms with Crippen LogP contribution in [0.3, 0.4) is 0 Å². The van der Waals surface area contributed by atoms with Gasteiger partial charge in [0.05, 0.1) is 11.9 Å². The van der Waals surface area contributed by atoms with Gasteiger partial charge in [0.1, 0.15) is 12.6 Å². The summed E-state index contributed by atoms with van der Waals surface area (Å²) >= 11 is 0. The largest absolute Gasteiger partial charge is 0.354 e. The van der Waals surface area contributed by atoms with Crippen molar-refractivity contribution in [3.63, 3.8) is 0 Å². The first kappa shape index (κ1) is 27.4. The molecule has 2 aromatic rings. The quantitative estimate of drug-likeness (QED) is 0.490. The molecule has 0 radical (unpaired) electrons. The Hall–Kier alpha value is -2.87. The molecule has 1 N–H and O–H groups in total. The highest BCUT2D eigenvalue weighted by Gasteiger charge is 2.30. The van der Waals surface area contributed by atoms with Crippen molar-refractivity contribution < 1.29 is 18.0 Å². The molecule has 0 aliphatic rings. The van der Waals surface area contributed by atoms with Crippen molar-refractivity contribution >= 4 is 27.5 Å². The molecular formula is C26H37N3O4S. The lowest BCUT2D eigenvalue weighted by molar-refractivity contribution is -0.139. The molecule has 34 heavy (non-hydrogen) atoms. The van der Waals surface area contributed by atoms with Gasteiger partial charge in [-0.05, 0) is 56.9 Å². The van der Waals surface area contributed by atoms with Crippen molar-refractivity contribution in [2.75, 3.05) is 23.7 Å². The molecule has 2 rings (SSSR count). The molecule has 8 heteroatoms. The highest BCUT2D eigenvalue weighted by molar-refractivity contribution is 7.92. The number of hydrogen-bond acceptors (Lipinski definition) is 4. The Kier molecular flexibility index (Phi) is 9.67. The minimum absolute atomic E-state index is 0.207. The first-order valence-electron chi connectivity index (χ1n) is 11.6. The summed E-state index contributed by atoms with van der Waals surface area (Å²) in [5.41, 5.74) is 4.11. The van der Waals surface area contributed by atoms with Crippen LogP contribution >= 0.6 is 0 Å². The molecule has 0 saturated carbocycles. The number of aryl methyl sites for hydroxylation is 3. The van der Waals surface area contributed by atoms with E-state index in [2.05, 4.69) is 5.32 Å². The molecule has 0 bridgehead atoms. The fraction of sp³-hybridized carbons (Fsp3) is 0.462. The molecule has 2 amide bonds. The Labute approximate surface area is 204 Å². The lowest BCUT2D eigenvalue weighted by Crippen LogP contribution is -2.51. The first-order valence-corrected chi connectivity index (χ1v) is 13.5. The lowest BCUT2D eigenvalue weighted by Gasteiger charge is -2.32. The van der Waals surface area contributed by atoms with E-state index in [1.165, 1.54) is 4.90 Å². The zero-order chi connectivity index (χ0) is 25.5. The van der Waals surface area contributed by atoms with Gasteiger partial charge in [0.15, 0.2) is 0 Å². The summed E-state index contributed by atoms with van der Waals surface area (Å²) in [4.78, 5) is 27.9. The Morgan fingerprint density at radius 1 is 1.03 bits per heavy atom. The van der Waals surface area contributed by atoms with Gasteiger partial charge in [-0.1, -0.05) is 55.3 Å². The van der Waals surface area contributed by atoms with E-state index in [9.17, 15) is 18.0 Å². The SMILES string of the molecule is CCCCNC(=O)[C@H](C)N(Cc1ccccc1C)C(=O)CN(c1ccc(C)cc1C)S(C)(=O)=O. The van der Waals surface area contributed by atoms with Gasteiger partial charge >= 0.3 is 0 Å². The van der Waals surface area contributed by atoms with Gasteiger partial charge in [-0.2, -0.15) is 0 Å². The molecule has 2 aromatic carbocycles. The predicted molar refractivity (Wildman–Crippen MR) is 137 cm³/mol. The fourth-order valence-corrected chi connectivity index (χ4v) is 4.68. The average Bonchev–Trinajstić information content (AvgIpc) is 2.76. The molecule has 0 aliphatic heterocycles. The minimum atomic E-state index is -3.74. The van der Waals surface area contributed by atoms with E-state index in [1.54, 1.807) is 13.0 Å². The van der Waals surface area contributed by atoms with Crippen LogP contribution in [0, 0.1) is 20.8 Å². The van der Waals surface area contributed by atoms with Gasteiger partial charge in [-0.3, -0.25) is 13.9 Å². The van der Waals surface area contributed by atoms with Gasteiger partial charge < -0.3 is 10.2 Å². The molecule has 7 nitrogen and oxygen atoms in total. The standard InChI is InChI=1S/C26H37N3O4S/c1-7-8-15-27-26(31)22(5)28(17-23-12-10-9-11-20(23)3)25(30)18-29(34(6,32)33)24-14-13-19(2)16-21(24)4/h9-14,16,22H,7-8,15,17-18H2,1-6H3,(H,27,31)/t22-/m0/s1. The van der Waals surface area contributed by atoms with Crippen molar-refractivity contribution in [3.05, 3.63) is 64.7 Å². The lowest BCUT2D eigenvalue weighted by atomic mass is 10.1. The van der Waals surface area contributed by atoms with Gasteiger partial charge in [0.2, 0.25) is 21.8 Å². The number of rotatable bonds is 11. The molecule has 0 unspecified atom stereocenters. The fourth-order valence-electron chi connectivity index (χ4n) is 3.77. The Balaban J connectivity index is 2.39. The normalized spacial score (nSPS) is 12.2. The summed E-state index contributed by atoms with van der Waals surface area (Å²) in [6.07, 6.45) is 2.88. The number of nitrogens with one attached hydrogen (secondary N) is 1. The zero-order valence-electron chi connectivity index (χ0n) is 21.1. The topological polar surface area (TPSA) is 86.8 Å². The second-order valence-corrected chi connectivity index (χ2v) is 10.7. The van der Waals surface area contributed by atoms with Crippen LogP contribution in [0.15, 0.2) is 42.5 Å². The molecule has 0 spiro atoms. The molecule has 0 aliphatic carbocycles. The Morgan fingerprint density at radius 2 is 1.71 bits per heavy atom. The van der Waals surface area contributed by atoms with Crippen molar-refractivity contribution in [3.8, 4) is 0 Å². The number of nitrogens with zero attached hydrogens (tertiary/aromatic N) is 2. The van der Waals surface area contributed by atoms with Crippen LogP contribution in [0.2, 0.25) is 0 Å². The number of amides is 2. The summed E-state index contributed by atoms with van der Waals surface area (Å²) in [6.45, 7) is 9.76. The molecular weight excluding hydrogens is 450 g/mol. The van der Waals surface area contributed by atoms with E-state index >= 15 is 0 Å². The van der Waals surface area contributed by atoms with Crippen molar-refractivity contribution in [1.82, 2.24) is 10.2 Å². The van der Waals surface area contributed by atoms with Crippen molar-refractivity contribution in [1.29, 1.82) is 0 Å². The first-order chi connectivity index (χ1) is 16.0. The van der Waals surface area contributed by atoms with Gasteiger partial charge in [-0.25, -0.2) is 8.42 Å². The van der Waals surface area contributed by atoms with Crippen LogP contribution in [0.4, 0.5) is 5.69 Å². The van der Waals surface area contributed by atoms with Gasteiger partial charge in [-0.15, -0.1) is 0 Å². The Morgan fingerprint density at radius 3 is 2.29 bits per heavy atom. The molecule has 0 aromatic heterocycles. The summed E-state index contributed by atoms with van der Waals surface area (Å²) < 4.78 is 26.5. The van der Waals surface area contributed by atoms with Crippen LogP contribution in [0.25, 0.3) is 0 Å². The maximum absolute atomic E-state index is 13.6. The molecule has 1 atom stereocenters. The second-order valence-electron chi connectivity index (χ2n) is 8.83. The molecule has 0 fully saturated rings. The number of carbonyl (C=O) groups excluding carboxylic acids is 2. The highest BCUT2D eigenvalue weighted by atomic mass is 32.2. The molecule has 186 valence electrons. The number of carbonyl (C=O) groups is 2. The zero-order valence-corrected chi connectivity index (χ0v) is 21.9. The second kappa shape index (κ2) is 12.0.